The number of carbonyl (C=O) groups is 1. The predicted molar refractivity (Wildman–Crippen MR) is 150 cm³/mol. The van der Waals surface area contributed by atoms with E-state index in [0.717, 1.165) is 60.9 Å². The number of fused-ring (bicyclic) bond motifs is 2. The minimum atomic E-state index is -0.279. The number of halogens is 3. The Hall–Kier alpha value is -3.41. The highest BCUT2D eigenvalue weighted by atomic mass is 35.5. The SMILES string of the molecule is O=C(N[C@@H]1CCc2ccccc21)c1nn(-c2ccc(Cl)cc2Cl)c2c1CCCC/C2=C\c1ccc(F)cc1. The van der Waals surface area contributed by atoms with Crippen LogP contribution in [0.1, 0.15) is 70.2 Å². The van der Waals surface area contributed by atoms with E-state index in [1.165, 1.54) is 23.3 Å². The highest BCUT2D eigenvalue weighted by Gasteiger charge is 2.30. The monoisotopic (exact) mass is 545 g/mol. The lowest BCUT2D eigenvalue weighted by atomic mass is 10.0. The maximum absolute atomic E-state index is 13.8. The molecule has 0 radical (unpaired) electrons. The Morgan fingerprint density at radius 3 is 2.61 bits per heavy atom. The van der Waals surface area contributed by atoms with Crippen molar-refractivity contribution in [3.63, 3.8) is 0 Å². The molecule has 0 saturated carbocycles. The van der Waals surface area contributed by atoms with Crippen LogP contribution in [0.5, 0.6) is 0 Å². The Bertz CT molecular complexity index is 1560. The molecule has 2 aliphatic carbocycles. The molecule has 6 rings (SSSR count). The molecule has 1 atom stereocenters. The van der Waals surface area contributed by atoms with Crippen molar-refractivity contribution >= 4 is 40.8 Å². The van der Waals surface area contributed by atoms with Crippen molar-refractivity contribution in [3.05, 3.63) is 116 Å². The lowest BCUT2D eigenvalue weighted by Gasteiger charge is -2.14. The second kappa shape index (κ2) is 10.4. The minimum absolute atomic E-state index is 0.0429. The molecule has 1 heterocycles. The van der Waals surface area contributed by atoms with Gasteiger partial charge in [0.15, 0.2) is 5.69 Å². The van der Waals surface area contributed by atoms with Crippen molar-refractivity contribution in [1.29, 1.82) is 0 Å². The van der Waals surface area contributed by atoms with Crippen LogP contribution in [-0.2, 0) is 12.8 Å². The van der Waals surface area contributed by atoms with Crippen LogP contribution in [0.2, 0.25) is 10.0 Å². The molecule has 0 unspecified atom stereocenters. The van der Waals surface area contributed by atoms with E-state index in [0.29, 0.717) is 21.4 Å². The number of carbonyl (C=O) groups excluding carboxylic acids is 1. The molecular formula is C31H26Cl2FN3O. The first-order chi connectivity index (χ1) is 18.5. The number of nitrogens with one attached hydrogen (secondary N) is 1. The van der Waals surface area contributed by atoms with E-state index < -0.39 is 0 Å². The van der Waals surface area contributed by atoms with Crippen molar-refractivity contribution in [2.45, 2.75) is 44.6 Å². The number of nitrogens with zero attached hydrogens (tertiary/aromatic N) is 2. The van der Waals surface area contributed by atoms with Crippen LogP contribution < -0.4 is 5.32 Å². The number of benzene rings is 3. The zero-order chi connectivity index (χ0) is 26.2. The maximum Gasteiger partial charge on any atom is 0.272 e. The molecule has 1 amide bonds. The standard InChI is InChI=1S/C31H26Cl2FN3O/c32-22-12-16-28(26(33)18-22)37-30-21(17-19-9-13-23(34)14-10-19)6-2-4-8-25(30)29(36-37)31(38)35-27-15-11-20-5-1-3-7-24(20)27/h1,3,5,7,9-10,12-14,16-18,27H,2,4,6,8,11,15H2,(H,35,38)/b21-17+/t27-/m1/s1. The molecule has 0 aliphatic heterocycles. The first-order valence-electron chi connectivity index (χ1n) is 12.9. The van der Waals surface area contributed by atoms with Gasteiger partial charge in [-0.15, -0.1) is 0 Å². The van der Waals surface area contributed by atoms with Gasteiger partial charge in [-0.3, -0.25) is 4.79 Å². The van der Waals surface area contributed by atoms with Gasteiger partial charge in [-0.1, -0.05) is 59.6 Å². The highest BCUT2D eigenvalue weighted by molar-refractivity contribution is 6.35. The number of hydrogen-bond acceptors (Lipinski definition) is 2. The van der Waals surface area contributed by atoms with Gasteiger partial charge in [-0.05, 0) is 97.2 Å². The topological polar surface area (TPSA) is 46.9 Å². The Morgan fingerprint density at radius 1 is 1.00 bits per heavy atom. The lowest BCUT2D eigenvalue weighted by molar-refractivity contribution is 0.0930. The summed E-state index contributed by atoms with van der Waals surface area (Å²) in [5.41, 5.74) is 7.22. The van der Waals surface area contributed by atoms with Crippen LogP contribution >= 0.6 is 23.2 Å². The van der Waals surface area contributed by atoms with Gasteiger partial charge in [-0.2, -0.15) is 5.10 Å². The number of amides is 1. The van der Waals surface area contributed by atoms with E-state index in [2.05, 4.69) is 23.5 Å². The van der Waals surface area contributed by atoms with Crippen LogP contribution in [0.25, 0.3) is 17.3 Å². The van der Waals surface area contributed by atoms with E-state index in [1.54, 1.807) is 28.9 Å². The zero-order valence-electron chi connectivity index (χ0n) is 20.7. The molecule has 7 heteroatoms. The fourth-order valence-corrected chi connectivity index (χ4v) is 6.09. The number of aromatic nitrogens is 2. The number of rotatable bonds is 4. The first-order valence-corrected chi connectivity index (χ1v) is 13.7. The Morgan fingerprint density at radius 2 is 1.79 bits per heavy atom. The first kappa shape index (κ1) is 24.9. The third-order valence-electron chi connectivity index (χ3n) is 7.41. The van der Waals surface area contributed by atoms with Crippen LogP contribution in [0.3, 0.4) is 0 Å². The molecule has 0 saturated heterocycles. The molecule has 4 nitrogen and oxygen atoms in total. The van der Waals surface area contributed by atoms with E-state index in [9.17, 15) is 9.18 Å². The molecule has 1 N–H and O–H groups in total. The molecule has 0 fully saturated rings. The summed E-state index contributed by atoms with van der Waals surface area (Å²) in [5.74, 6) is -0.464. The zero-order valence-corrected chi connectivity index (χ0v) is 22.2. The minimum Gasteiger partial charge on any atom is -0.344 e. The Labute approximate surface area is 231 Å². The van der Waals surface area contributed by atoms with Gasteiger partial charge < -0.3 is 5.32 Å². The van der Waals surface area contributed by atoms with Gasteiger partial charge in [0.25, 0.3) is 5.91 Å². The average molecular weight is 546 g/mol. The quantitative estimate of drug-likeness (QED) is 0.264. The van der Waals surface area contributed by atoms with Gasteiger partial charge in [-0.25, -0.2) is 9.07 Å². The summed E-state index contributed by atoms with van der Waals surface area (Å²) in [6.07, 6.45) is 7.29. The van der Waals surface area contributed by atoms with E-state index in [4.69, 9.17) is 28.3 Å². The summed E-state index contributed by atoms with van der Waals surface area (Å²) in [6, 6.07) is 19.9. The van der Waals surface area contributed by atoms with Gasteiger partial charge in [0.1, 0.15) is 5.82 Å². The van der Waals surface area contributed by atoms with Crippen molar-refractivity contribution in [1.82, 2.24) is 15.1 Å². The Balaban J connectivity index is 1.47. The van der Waals surface area contributed by atoms with E-state index >= 15 is 0 Å². The summed E-state index contributed by atoms with van der Waals surface area (Å²) >= 11 is 12.8. The summed E-state index contributed by atoms with van der Waals surface area (Å²) in [4.78, 5) is 13.8. The molecule has 0 bridgehead atoms. The van der Waals surface area contributed by atoms with Gasteiger partial charge in [0.05, 0.1) is 22.4 Å². The number of allylic oxidation sites excluding steroid dienone is 1. The van der Waals surface area contributed by atoms with E-state index in [-0.39, 0.29) is 17.8 Å². The molecular weight excluding hydrogens is 520 g/mol. The smallest absolute Gasteiger partial charge is 0.272 e. The normalized spacial score (nSPS) is 17.7. The van der Waals surface area contributed by atoms with Gasteiger partial charge in [0, 0.05) is 10.6 Å². The fourth-order valence-electron chi connectivity index (χ4n) is 5.60. The maximum atomic E-state index is 13.8. The van der Waals surface area contributed by atoms with Crippen LogP contribution in [0.15, 0.2) is 66.7 Å². The summed E-state index contributed by atoms with van der Waals surface area (Å²) in [7, 11) is 0. The highest BCUT2D eigenvalue weighted by Crippen LogP contribution is 2.37. The Kier molecular flexibility index (Phi) is 6.81. The average Bonchev–Trinajstić information content (AvgIpc) is 3.42. The second-order valence-electron chi connectivity index (χ2n) is 9.88. The van der Waals surface area contributed by atoms with Crippen molar-refractivity contribution in [2.24, 2.45) is 0 Å². The van der Waals surface area contributed by atoms with Crippen LogP contribution in [0.4, 0.5) is 4.39 Å². The second-order valence-corrected chi connectivity index (χ2v) is 10.7. The van der Waals surface area contributed by atoms with Gasteiger partial charge in [0.2, 0.25) is 0 Å². The van der Waals surface area contributed by atoms with Crippen LogP contribution in [0, 0.1) is 5.82 Å². The number of aryl methyl sites for hydroxylation is 1. The number of hydrogen-bond donors (Lipinski definition) is 1. The summed E-state index contributed by atoms with van der Waals surface area (Å²) < 4.78 is 15.4. The lowest BCUT2D eigenvalue weighted by Crippen LogP contribution is -2.28. The third-order valence-corrected chi connectivity index (χ3v) is 7.95. The third kappa shape index (κ3) is 4.77. The largest absolute Gasteiger partial charge is 0.344 e. The summed E-state index contributed by atoms with van der Waals surface area (Å²) in [6.45, 7) is 0. The fraction of sp³-hybridized carbons (Fsp3) is 0.226. The van der Waals surface area contributed by atoms with Gasteiger partial charge >= 0.3 is 0 Å². The summed E-state index contributed by atoms with van der Waals surface area (Å²) in [5, 5.41) is 9.10. The van der Waals surface area contributed by atoms with Crippen molar-refractivity contribution < 1.29 is 9.18 Å². The predicted octanol–water partition coefficient (Wildman–Crippen LogP) is 8.00. The molecule has 192 valence electrons. The van der Waals surface area contributed by atoms with Crippen LogP contribution in [-0.4, -0.2) is 15.7 Å². The molecule has 38 heavy (non-hydrogen) atoms. The molecule has 4 aromatic rings. The molecule has 3 aromatic carbocycles. The van der Waals surface area contributed by atoms with E-state index in [1.807, 2.05) is 18.2 Å². The van der Waals surface area contributed by atoms with Crippen molar-refractivity contribution in [3.8, 4) is 5.69 Å². The molecule has 1 aromatic heterocycles. The van der Waals surface area contributed by atoms with Crippen molar-refractivity contribution in [2.75, 3.05) is 0 Å². The molecule has 0 spiro atoms. The molecule has 2 aliphatic rings.